The van der Waals surface area contributed by atoms with Crippen LogP contribution in [0.3, 0.4) is 0 Å². The van der Waals surface area contributed by atoms with E-state index in [0.29, 0.717) is 5.56 Å². The maximum atomic E-state index is 12.2. The smallest absolute Gasteiger partial charge is 0.185 e. The van der Waals surface area contributed by atoms with Crippen LogP contribution in [0.1, 0.15) is 35.3 Å². The fourth-order valence-corrected chi connectivity index (χ4v) is 2.46. The summed E-state index contributed by atoms with van der Waals surface area (Å²) in [4.78, 5) is 14.5. The van der Waals surface area contributed by atoms with Gasteiger partial charge in [0.05, 0.1) is 7.11 Å². The van der Waals surface area contributed by atoms with Gasteiger partial charge in [0, 0.05) is 12.1 Å². The zero-order valence-corrected chi connectivity index (χ0v) is 14.7. The summed E-state index contributed by atoms with van der Waals surface area (Å²) in [7, 11) is 1.61. The Labute approximate surface area is 144 Å². The highest BCUT2D eigenvalue weighted by molar-refractivity contribution is 6.06. The van der Waals surface area contributed by atoms with Crippen LogP contribution < -0.4 is 4.74 Å². The van der Waals surface area contributed by atoms with Gasteiger partial charge in [-0.05, 0) is 54.6 Å². The van der Waals surface area contributed by atoms with Crippen molar-refractivity contribution in [2.75, 3.05) is 20.2 Å². The van der Waals surface area contributed by atoms with Gasteiger partial charge in [-0.15, -0.1) is 0 Å². The molecule has 2 aromatic rings. The molecule has 0 spiro atoms. The molecule has 0 aliphatic carbocycles. The number of ketones is 1. The van der Waals surface area contributed by atoms with Gasteiger partial charge in [0.1, 0.15) is 5.75 Å². The SMILES string of the molecule is CCN(CC)Cc1ccc(C=CC(=O)c2ccc(OC)cc2)cc1. The Balaban J connectivity index is 1.99. The average molecular weight is 323 g/mol. The number of allylic oxidation sites excluding steroid dienone is 1. The molecule has 24 heavy (non-hydrogen) atoms. The Morgan fingerprint density at radius 3 is 2.17 bits per heavy atom. The van der Waals surface area contributed by atoms with Crippen molar-refractivity contribution in [3.8, 4) is 5.75 Å². The van der Waals surface area contributed by atoms with Crippen LogP contribution in [-0.2, 0) is 6.54 Å². The Bertz CT molecular complexity index is 668. The van der Waals surface area contributed by atoms with E-state index < -0.39 is 0 Å². The molecule has 0 amide bonds. The first-order valence-corrected chi connectivity index (χ1v) is 8.34. The molecule has 0 radical (unpaired) electrons. The van der Waals surface area contributed by atoms with E-state index in [0.717, 1.165) is 30.9 Å². The van der Waals surface area contributed by atoms with Gasteiger partial charge in [0.2, 0.25) is 0 Å². The van der Waals surface area contributed by atoms with Crippen LogP contribution in [0.15, 0.2) is 54.6 Å². The van der Waals surface area contributed by atoms with E-state index in [2.05, 4.69) is 43.0 Å². The second-order valence-electron chi connectivity index (χ2n) is 5.63. The van der Waals surface area contributed by atoms with Crippen molar-refractivity contribution in [3.63, 3.8) is 0 Å². The molecule has 2 rings (SSSR count). The normalized spacial score (nSPS) is 11.2. The number of rotatable bonds is 8. The predicted molar refractivity (Wildman–Crippen MR) is 99.4 cm³/mol. The van der Waals surface area contributed by atoms with Crippen molar-refractivity contribution in [1.82, 2.24) is 4.90 Å². The monoisotopic (exact) mass is 323 g/mol. The molecule has 0 atom stereocenters. The molecule has 0 heterocycles. The lowest BCUT2D eigenvalue weighted by Crippen LogP contribution is -2.21. The van der Waals surface area contributed by atoms with Crippen molar-refractivity contribution in [2.45, 2.75) is 20.4 Å². The number of nitrogens with zero attached hydrogens (tertiary/aromatic N) is 1. The number of carbonyl (C=O) groups is 1. The van der Waals surface area contributed by atoms with Crippen molar-refractivity contribution in [2.24, 2.45) is 0 Å². The van der Waals surface area contributed by atoms with E-state index in [-0.39, 0.29) is 5.78 Å². The lowest BCUT2D eigenvalue weighted by molar-refractivity contribution is 0.104. The molecule has 0 saturated carbocycles. The second kappa shape index (κ2) is 9.04. The summed E-state index contributed by atoms with van der Waals surface area (Å²) in [6.07, 6.45) is 3.47. The van der Waals surface area contributed by atoms with Crippen LogP contribution in [0, 0.1) is 0 Å². The van der Waals surface area contributed by atoms with Gasteiger partial charge in [-0.3, -0.25) is 9.69 Å². The fraction of sp³-hybridized carbons (Fsp3) is 0.286. The number of hydrogen-bond acceptors (Lipinski definition) is 3. The largest absolute Gasteiger partial charge is 0.497 e. The molecule has 0 aliphatic rings. The van der Waals surface area contributed by atoms with Gasteiger partial charge in [-0.2, -0.15) is 0 Å². The molecule has 0 saturated heterocycles. The summed E-state index contributed by atoms with van der Waals surface area (Å²) < 4.78 is 5.10. The molecular formula is C21H25NO2. The summed E-state index contributed by atoms with van der Waals surface area (Å²) in [6, 6.07) is 15.5. The summed E-state index contributed by atoms with van der Waals surface area (Å²) in [5, 5.41) is 0. The van der Waals surface area contributed by atoms with Crippen LogP contribution >= 0.6 is 0 Å². The van der Waals surface area contributed by atoms with Gasteiger partial charge in [-0.1, -0.05) is 44.2 Å². The summed E-state index contributed by atoms with van der Waals surface area (Å²) in [6.45, 7) is 7.40. The highest BCUT2D eigenvalue weighted by atomic mass is 16.5. The molecule has 3 nitrogen and oxygen atoms in total. The first-order chi connectivity index (χ1) is 11.7. The average Bonchev–Trinajstić information content (AvgIpc) is 2.65. The Hall–Kier alpha value is -2.39. The van der Waals surface area contributed by atoms with Crippen LogP contribution in [0.2, 0.25) is 0 Å². The molecule has 0 fully saturated rings. The number of benzene rings is 2. The quantitative estimate of drug-likeness (QED) is 0.531. The van der Waals surface area contributed by atoms with Crippen molar-refractivity contribution in [3.05, 3.63) is 71.3 Å². The Kier molecular flexibility index (Phi) is 6.76. The summed E-state index contributed by atoms with van der Waals surface area (Å²) >= 11 is 0. The molecule has 3 heteroatoms. The summed E-state index contributed by atoms with van der Waals surface area (Å²) in [5.74, 6) is 0.740. The minimum atomic E-state index is -0.00938. The topological polar surface area (TPSA) is 29.5 Å². The van der Waals surface area contributed by atoms with Crippen molar-refractivity contribution in [1.29, 1.82) is 0 Å². The molecule has 0 aliphatic heterocycles. The molecule has 126 valence electrons. The van der Waals surface area contributed by atoms with Crippen molar-refractivity contribution < 1.29 is 9.53 Å². The van der Waals surface area contributed by atoms with E-state index in [1.54, 1.807) is 37.5 Å². The minimum Gasteiger partial charge on any atom is -0.497 e. The highest BCUT2D eigenvalue weighted by Crippen LogP contribution is 2.13. The van der Waals surface area contributed by atoms with Gasteiger partial charge < -0.3 is 4.74 Å². The standard InChI is InChI=1S/C21H25NO2/c1-4-22(5-2)16-18-8-6-17(7-9-18)10-15-21(23)19-11-13-20(24-3)14-12-19/h6-15H,4-5,16H2,1-3H3. The number of hydrogen-bond donors (Lipinski definition) is 0. The minimum absolute atomic E-state index is 0.00938. The zero-order valence-electron chi connectivity index (χ0n) is 14.7. The fourth-order valence-electron chi connectivity index (χ4n) is 2.46. The van der Waals surface area contributed by atoms with E-state index in [9.17, 15) is 4.79 Å². The van der Waals surface area contributed by atoms with E-state index in [1.165, 1.54) is 5.56 Å². The third kappa shape index (κ3) is 5.07. The lowest BCUT2D eigenvalue weighted by atomic mass is 10.1. The first kappa shape index (κ1) is 18.0. The molecular weight excluding hydrogens is 298 g/mol. The van der Waals surface area contributed by atoms with Crippen LogP contribution in [-0.4, -0.2) is 30.9 Å². The first-order valence-electron chi connectivity index (χ1n) is 8.34. The Morgan fingerprint density at radius 2 is 1.62 bits per heavy atom. The molecule has 0 unspecified atom stereocenters. The predicted octanol–water partition coefficient (Wildman–Crippen LogP) is 4.43. The lowest BCUT2D eigenvalue weighted by Gasteiger charge is -2.17. The third-order valence-corrected chi connectivity index (χ3v) is 4.08. The number of carbonyl (C=O) groups excluding carboxylic acids is 1. The summed E-state index contributed by atoms with van der Waals surface area (Å²) in [5.41, 5.74) is 2.97. The maximum Gasteiger partial charge on any atom is 0.185 e. The number of ether oxygens (including phenoxy) is 1. The number of methoxy groups -OCH3 is 1. The molecule has 2 aromatic carbocycles. The van der Waals surface area contributed by atoms with Gasteiger partial charge in [0.25, 0.3) is 0 Å². The molecule has 0 N–H and O–H groups in total. The highest BCUT2D eigenvalue weighted by Gasteiger charge is 2.03. The van der Waals surface area contributed by atoms with Gasteiger partial charge >= 0.3 is 0 Å². The van der Waals surface area contributed by atoms with Gasteiger partial charge in [-0.25, -0.2) is 0 Å². The third-order valence-electron chi connectivity index (χ3n) is 4.08. The maximum absolute atomic E-state index is 12.2. The van der Waals surface area contributed by atoms with Crippen LogP contribution in [0.4, 0.5) is 0 Å². The second-order valence-corrected chi connectivity index (χ2v) is 5.63. The van der Waals surface area contributed by atoms with Crippen LogP contribution in [0.25, 0.3) is 6.08 Å². The van der Waals surface area contributed by atoms with E-state index in [1.807, 2.05) is 6.08 Å². The Morgan fingerprint density at radius 1 is 1.00 bits per heavy atom. The molecule has 0 bridgehead atoms. The van der Waals surface area contributed by atoms with Crippen molar-refractivity contribution >= 4 is 11.9 Å². The van der Waals surface area contributed by atoms with E-state index in [4.69, 9.17) is 4.74 Å². The van der Waals surface area contributed by atoms with Gasteiger partial charge in [0.15, 0.2) is 5.78 Å². The zero-order chi connectivity index (χ0) is 17.4. The van der Waals surface area contributed by atoms with Crippen LogP contribution in [0.5, 0.6) is 5.75 Å². The van der Waals surface area contributed by atoms with E-state index >= 15 is 0 Å². The molecule has 0 aromatic heterocycles.